The van der Waals surface area contributed by atoms with Gasteiger partial charge in [0.25, 0.3) is 0 Å². The van der Waals surface area contributed by atoms with E-state index in [9.17, 15) is 4.79 Å². The molecule has 1 aromatic rings. The Balaban J connectivity index is 2.35. The fraction of sp³-hybridized carbons (Fsp3) is 0.364. The molecule has 1 N–H and O–H groups in total. The van der Waals surface area contributed by atoms with Gasteiger partial charge in [-0.3, -0.25) is 0 Å². The molecule has 0 bridgehead atoms. The van der Waals surface area contributed by atoms with Crippen molar-refractivity contribution in [1.82, 2.24) is 5.32 Å². The summed E-state index contributed by atoms with van der Waals surface area (Å²) in [4.78, 5) is 10.9. The Kier molecular flexibility index (Phi) is 2.49. The Morgan fingerprint density at radius 2 is 2.33 bits per heavy atom. The molecule has 0 radical (unpaired) electrons. The molecule has 1 atom stereocenters. The maximum Gasteiger partial charge on any atom is 0.407 e. The van der Waals surface area contributed by atoms with Crippen LogP contribution < -0.4 is 10.1 Å². The number of ether oxygens (including phenoxy) is 2. The van der Waals surface area contributed by atoms with Gasteiger partial charge in [-0.25, -0.2) is 4.79 Å². The second-order valence-electron chi connectivity index (χ2n) is 3.47. The van der Waals surface area contributed by atoms with E-state index >= 15 is 0 Å². The highest BCUT2D eigenvalue weighted by Gasteiger charge is 2.27. The van der Waals surface area contributed by atoms with Crippen LogP contribution in [0.2, 0.25) is 0 Å². The lowest BCUT2D eigenvalue weighted by Crippen LogP contribution is -2.12. The summed E-state index contributed by atoms with van der Waals surface area (Å²) in [6.07, 6.45) is -0.615. The zero-order chi connectivity index (χ0) is 10.8. The van der Waals surface area contributed by atoms with Gasteiger partial charge in [-0.05, 0) is 12.5 Å². The SMILES string of the molecule is COc1c(C)cccc1C1CNC(=O)O1. The lowest BCUT2D eigenvalue weighted by Gasteiger charge is -2.14. The van der Waals surface area contributed by atoms with Crippen molar-refractivity contribution in [3.63, 3.8) is 0 Å². The van der Waals surface area contributed by atoms with Crippen molar-refractivity contribution in [3.05, 3.63) is 29.3 Å². The molecule has 1 amide bonds. The molecule has 1 saturated heterocycles. The van der Waals surface area contributed by atoms with E-state index in [0.29, 0.717) is 6.54 Å². The molecule has 4 heteroatoms. The van der Waals surface area contributed by atoms with Crippen LogP contribution in [0.5, 0.6) is 5.75 Å². The average molecular weight is 207 g/mol. The standard InChI is InChI=1S/C11H13NO3/c1-7-4-3-5-8(10(7)14-2)9-6-12-11(13)15-9/h3-5,9H,6H2,1-2H3,(H,12,13). The number of aryl methyl sites for hydroxylation is 1. The summed E-state index contributed by atoms with van der Waals surface area (Å²) in [5.41, 5.74) is 1.95. The number of para-hydroxylation sites is 1. The molecule has 80 valence electrons. The van der Waals surface area contributed by atoms with Gasteiger partial charge in [-0.1, -0.05) is 18.2 Å². The molecular weight excluding hydrogens is 194 g/mol. The molecule has 1 aliphatic heterocycles. The molecule has 2 rings (SSSR count). The molecular formula is C11H13NO3. The Bertz CT molecular complexity index is 389. The maximum atomic E-state index is 10.9. The zero-order valence-electron chi connectivity index (χ0n) is 8.74. The highest BCUT2D eigenvalue weighted by molar-refractivity contribution is 5.70. The summed E-state index contributed by atoms with van der Waals surface area (Å²) in [6.45, 7) is 2.46. The summed E-state index contributed by atoms with van der Waals surface area (Å²) in [7, 11) is 1.62. The largest absolute Gasteiger partial charge is 0.496 e. The summed E-state index contributed by atoms with van der Waals surface area (Å²) < 4.78 is 10.4. The number of alkyl carbamates (subject to hydrolysis) is 1. The first-order valence-electron chi connectivity index (χ1n) is 4.80. The maximum absolute atomic E-state index is 10.9. The number of benzene rings is 1. The van der Waals surface area contributed by atoms with Gasteiger partial charge in [0.15, 0.2) is 0 Å². The van der Waals surface area contributed by atoms with Gasteiger partial charge in [0.2, 0.25) is 0 Å². The molecule has 0 spiro atoms. The van der Waals surface area contributed by atoms with Crippen LogP contribution in [-0.4, -0.2) is 19.7 Å². The number of hydrogen-bond acceptors (Lipinski definition) is 3. The van der Waals surface area contributed by atoms with Gasteiger partial charge in [0.1, 0.15) is 11.9 Å². The van der Waals surface area contributed by atoms with Crippen molar-refractivity contribution >= 4 is 6.09 Å². The summed E-state index contributed by atoms with van der Waals surface area (Å²) in [5.74, 6) is 0.791. The smallest absolute Gasteiger partial charge is 0.407 e. The van der Waals surface area contributed by atoms with E-state index in [1.165, 1.54) is 0 Å². The third kappa shape index (κ3) is 1.75. The Hall–Kier alpha value is -1.71. The number of carbonyl (C=O) groups is 1. The Labute approximate surface area is 88.2 Å². The van der Waals surface area contributed by atoms with Crippen LogP contribution in [0.25, 0.3) is 0 Å². The van der Waals surface area contributed by atoms with Crippen LogP contribution in [0.3, 0.4) is 0 Å². The third-order valence-electron chi connectivity index (χ3n) is 2.47. The van der Waals surface area contributed by atoms with E-state index in [2.05, 4.69) is 5.32 Å². The lowest BCUT2D eigenvalue weighted by molar-refractivity contribution is 0.139. The van der Waals surface area contributed by atoms with E-state index < -0.39 is 0 Å². The second kappa shape index (κ2) is 3.81. The van der Waals surface area contributed by atoms with Gasteiger partial charge < -0.3 is 14.8 Å². The minimum atomic E-state index is -0.372. The van der Waals surface area contributed by atoms with Crippen LogP contribution in [0, 0.1) is 6.92 Å². The number of methoxy groups -OCH3 is 1. The average Bonchev–Trinajstić information content (AvgIpc) is 2.64. The van der Waals surface area contributed by atoms with Gasteiger partial charge in [0, 0.05) is 5.56 Å². The first kappa shape index (κ1) is 9.83. The van der Waals surface area contributed by atoms with Crippen molar-refractivity contribution in [3.8, 4) is 5.75 Å². The van der Waals surface area contributed by atoms with E-state index in [-0.39, 0.29) is 12.2 Å². The van der Waals surface area contributed by atoms with E-state index in [1.54, 1.807) is 7.11 Å². The van der Waals surface area contributed by atoms with Crippen molar-refractivity contribution in [2.75, 3.05) is 13.7 Å². The topological polar surface area (TPSA) is 47.6 Å². The van der Waals surface area contributed by atoms with Gasteiger partial charge >= 0.3 is 6.09 Å². The van der Waals surface area contributed by atoms with E-state index in [1.807, 2.05) is 25.1 Å². The van der Waals surface area contributed by atoms with E-state index in [0.717, 1.165) is 16.9 Å². The van der Waals surface area contributed by atoms with Crippen molar-refractivity contribution in [1.29, 1.82) is 0 Å². The first-order valence-corrected chi connectivity index (χ1v) is 4.80. The van der Waals surface area contributed by atoms with Crippen molar-refractivity contribution < 1.29 is 14.3 Å². The molecule has 0 saturated carbocycles. The number of nitrogens with one attached hydrogen (secondary N) is 1. The molecule has 1 unspecified atom stereocenters. The minimum Gasteiger partial charge on any atom is -0.496 e. The van der Waals surface area contributed by atoms with Crippen LogP contribution in [-0.2, 0) is 4.74 Å². The quantitative estimate of drug-likeness (QED) is 0.804. The van der Waals surface area contributed by atoms with Crippen molar-refractivity contribution in [2.45, 2.75) is 13.0 Å². The highest BCUT2D eigenvalue weighted by Crippen LogP contribution is 2.31. The summed E-state index contributed by atoms with van der Waals surface area (Å²) in [6, 6.07) is 5.81. The third-order valence-corrected chi connectivity index (χ3v) is 2.47. The Morgan fingerprint density at radius 1 is 1.53 bits per heavy atom. The van der Waals surface area contributed by atoms with Crippen LogP contribution in [0.1, 0.15) is 17.2 Å². The molecule has 0 aliphatic carbocycles. The number of amides is 1. The molecule has 1 fully saturated rings. The number of carbonyl (C=O) groups excluding carboxylic acids is 1. The molecule has 1 heterocycles. The summed E-state index contributed by atoms with van der Waals surface area (Å²) in [5, 5.41) is 2.62. The van der Waals surface area contributed by atoms with Crippen LogP contribution in [0.15, 0.2) is 18.2 Å². The molecule has 1 aliphatic rings. The van der Waals surface area contributed by atoms with Crippen LogP contribution in [0.4, 0.5) is 4.79 Å². The predicted molar refractivity (Wildman–Crippen MR) is 55.0 cm³/mol. The fourth-order valence-electron chi connectivity index (χ4n) is 1.77. The number of rotatable bonds is 2. The molecule has 1 aromatic carbocycles. The number of cyclic esters (lactones) is 1. The second-order valence-corrected chi connectivity index (χ2v) is 3.47. The minimum absolute atomic E-state index is 0.243. The molecule has 4 nitrogen and oxygen atoms in total. The van der Waals surface area contributed by atoms with Gasteiger partial charge in [-0.2, -0.15) is 0 Å². The first-order chi connectivity index (χ1) is 7.22. The van der Waals surface area contributed by atoms with Crippen molar-refractivity contribution in [2.24, 2.45) is 0 Å². The highest BCUT2D eigenvalue weighted by atomic mass is 16.6. The molecule has 0 aromatic heterocycles. The lowest BCUT2D eigenvalue weighted by atomic mass is 10.0. The van der Waals surface area contributed by atoms with Crippen LogP contribution >= 0.6 is 0 Å². The van der Waals surface area contributed by atoms with Gasteiger partial charge in [-0.15, -0.1) is 0 Å². The monoisotopic (exact) mass is 207 g/mol. The van der Waals surface area contributed by atoms with E-state index in [4.69, 9.17) is 9.47 Å². The fourth-order valence-corrected chi connectivity index (χ4v) is 1.77. The predicted octanol–water partition coefficient (Wildman–Crippen LogP) is 1.78. The normalized spacial score (nSPS) is 19.6. The molecule has 15 heavy (non-hydrogen) atoms. The summed E-state index contributed by atoms with van der Waals surface area (Å²) >= 11 is 0. The number of hydrogen-bond donors (Lipinski definition) is 1. The Morgan fingerprint density at radius 3 is 2.93 bits per heavy atom. The van der Waals surface area contributed by atoms with Gasteiger partial charge in [0.05, 0.1) is 13.7 Å². The zero-order valence-corrected chi connectivity index (χ0v) is 8.74.